The van der Waals surface area contributed by atoms with Crippen molar-refractivity contribution < 1.29 is 8.42 Å². The van der Waals surface area contributed by atoms with Crippen molar-refractivity contribution >= 4 is 21.4 Å². The van der Waals surface area contributed by atoms with Crippen LogP contribution in [0, 0.1) is 0 Å². The van der Waals surface area contributed by atoms with Crippen molar-refractivity contribution in [3.8, 4) is 0 Å². The zero-order valence-corrected chi connectivity index (χ0v) is 8.71. The molecule has 5 heteroatoms. The number of hydrogen-bond acceptors (Lipinski definition) is 3. The highest BCUT2D eigenvalue weighted by Crippen LogP contribution is 2.33. The summed E-state index contributed by atoms with van der Waals surface area (Å²) in [4.78, 5) is 0. The van der Waals surface area contributed by atoms with Gasteiger partial charge in [0.2, 0.25) is 10.0 Å². The summed E-state index contributed by atoms with van der Waals surface area (Å²) >= 11 is 0. The number of hydrogen-bond donors (Lipinski definition) is 1. The smallest absolute Gasteiger partial charge is 0.232 e. The molecule has 0 aliphatic carbocycles. The quantitative estimate of drug-likeness (QED) is 0.693. The Morgan fingerprint density at radius 3 is 2.79 bits per heavy atom. The van der Waals surface area contributed by atoms with Crippen LogP contribution in [0.25, 0.3) is 0 Å². The van der Waals surface area contributed by atoms with Gasteiger partial charge in [-0.05, 0) is 18.6 Å². The Hall–Kier alpha value is -1.23. The maximum atomic E-state index is 11.4. The van der Waals surface area contributed by atoms with Gasteiger partial charge < -0.3 is 5.73 Å². The molecular formula is C9H12N2O2S. The number of anilines is 2. The number of fused-ring (bicyclic) bond motifs is 1. The van der Waals surface area contributed by atoms with Crippen molar-refractivity contribution in [2.24, 2.45) is 0 Å². The van der Waals surface area contributed by atoms with E-state index in [0.29, 0.717) is 18.7 Å². The van der Waals surface area contributed by atoms with Crippen molar-refractivity contribution in [3.05, 3.63) is 23.8 Å². The molecule has 1 aliphatic heterocycles. The summed E-state index contributed by atoms with van der Waals surface area (Å²) < 4.78 is 24.2. The van der Waals surface area contributed by atoms with Gasteiger partial charge in [0.25, 0.3) is 0 Å². The number of rotatable bonds is 1. The van der Waals surface area contributed by atoms with E-state index >= 15 is 0 Å². The number of nitrogen functional groups attached to an aromatic ring is 1. The maximum Gasteiger partial charge on any atom is 0.232 e. The first kappa shape index (κ1) is 9.33. The summed E-state index contributed by atoms with van der Waals surface area (Å²) in [7, 11) is -3.15. The molecule has 0 amide bonds. The molecule has 0 bridgehead atoms. The van der Waals surface area contributed by atoms with Crippen molar-refractivity contribution in [1.29, 1.82) is 0 Å². The molecule has 1 aromatic rings. The Morgan fingerprint density at radius 2 is 2.14 bits per heavy atom. The van der Waals surface area contributed by atoms with Gasteiger partial charge in [0, 0.05) is 17.8 Å². The molecule has 0 aromatic heterocycles. The molecule has 1 aliphatic rings. The van der Waals surface area contributed by atoms with E-state index in [1.54, 1.807) is 18.2 Å². The Balaban J connectivity index is 2.56. The zero-order valence-electron chi connectivity index (χ0n) is 7.90. The molecule has 2 rings (SSSR count). The summed E-state index contributed by atoms with van der Waals surface area (Å²) in [5, 5.41) is 0. The van der Waals surface area contributed by atoms with E-state index in [1.807, 2.05) is 0 Å². The van der Waals surface area contributed by atoms with E-state index in [4.69, 9.17) is 5.73 Å². The van der Waals surface area contributed by atoms with Gasteiger partial charge >= 0.3 is 0 Å². The van der Waals surface area contributed by atoms with Crippen LogP contribution in [0.2, 0.25) is 0 Å². The van der Waals surface area contributed by atoms with Gasteiger partial charge in [-0.25, -0.2) is 8.42 Å². The average molecular weight is 212 g/mol. The third-order valence-corrected chi connectivity index (χ3v) is 3.60. The number of sulfonamides is 1. The minimum absolute atomic E-state index is 0.502. The predicted octanol–water partition coefficient (Wildman–Crippen LogP) is 0.591. The summed E-state index contributed by atoms with van der Waals surface area (Å²) in [6.45, 7) is 0.502. The first-order chi connectivity index (χ1) is 6.50. The highest BCUT2D eigenvalue weighted by molar-refractivity contribution is 7.92. The standard InChI is InChI=1S/C9H12N2O2S/c1-14(12,13)11-6-5-7-8(10)3-2-4-9(7)11/h2-4H,5-6,10H2,1H3. The molecule has 0 atom stereocenters. The van der Waals surface area contributed by atoms with Crippen LogP contribution in [0.15, 0.2) is 18.2 Å². The fourth-order valence-corrected chi connectivity index (χ4v) is 2.73. The summed E-state index contributed by atoms with van der Waals surface area (Å²) in [5.74, 6) is 0. The van der Waals surface area contributed by atoms with E-state index in [0.717, 1.165) is 11.3 Å². The lowest BCUT2D eigenvalue weighted by atomic mass is 10.1. The molecule has 1 heterocycles. The number of nitrogens with zero attached hydrogens (tertiary/aromatic N) is 1. The topological polar surface area (TPSA) is 63.4 Å². The molecule has 2 N–H and O–H groups in total. The fourth-order valence-electron chi connectivity index (χ4n) is 1.78. The third-order valence-electron chi connectivity index (χ3n) is 2.42. The van der Waals surface area contributed by atoms with Crippen LogP contribution in [0.5, 0.6) is 0 Å². The Bertz CT molecular complexity index is 468. The van der Waals surface area contributed by atoms with E-state index < -0.39 is 10.0 Å². The molecular weight excluding hydrogens is 200 g/mol. The van der Waals surface area contributed by atoms with E-state index in [1.165, 1.54) is 10.6 Å². The highest BCUT2D eigenvalue weighted by Gasteiger charge is 2.26. The Labute approximate surface area is 83.4 Å². The molecule has 0 radical (unpaired) electrons. The van der Waals surface area contributed by atoms with Gasteiger partial charge in [-0.15, -0.1) is 0 Å². The van der Waals surface area contributed by atoms with E-state index in [2.05, 4.69) is 0 Å². The van der Waals surface area contributed by atoms with Gasteiger partial charge in [0.15, 0.2) is 0 Å². The monoisotopic (exact) mass is 212 g/mol. The van der Waals surface area contributed by atoms with Crippen LogP contribution >= 0.6 is 0 Å². The van der Waals surface area contributed by atoms with Crippen LogP contribution in [0.3, 0.4) is 0 Å². The van der Waals surface area contributed by atoms with Gasteiger partial charge in [-0.1, -0.05) is 6.07 Å². The minimum atomic E-state index is -3.15. The van der Waals surface area contributed by atoms with Crippen molar-refractivity contribution in [3.63, 3.8) is 0 Å². The average Bonchev–Trinajstić information content (AvgIpc) is 2.47. The fraction of sp³-hybridized carbons (Fsp3) is 0.333. The van der Waals surface area contributed by atoms with Crippen molar-refractivity contribution in [1.82, 2.24) is 0 Å². The second-order valence-electron chi connectivity index (χ2n) is 3.43. The highest BCUT2D eigenvalue weighted by atomic mass is 32.2. The number of benzene rings is 1. The third kappa shape index (κ3) is 1.33. The predicted molar refractivity (Wildman–Crippen MR) is 56.7 cm³/mol. The van der Waals surface area contributed by atoms with Gasteiger partial charge in [-0.2, -0.15) is 0 Å². The van der Waals surface area contributed by atoms with Gasteiger partial charge in [0.05, 0.1) is 11.9 Å². The largest absolute Gasteiger partial charge is 0.398 e. The molecule has 0 saturated carbocycles. The Morgan fingerprint density at radius 1 is 1.43 bits per heavy atom. The molecule has 0 fully saturated rings. The first-order valence-electron chi connectivity index (χ1n) is 4.35. The number of nitrogens with two attached hydrogens (primary N) is 1. The minimum Gasteiger partial charge on any atom is -0.398 e. The lowest BCUT2D eigenvalue weighted by Crippen LogP contribution is -2.27. The van der Waals surface area contributed by atoms with Crippen LogP contribution in [-0.4, -0.2) is 21.2 Å². The molecule has 0 spiro atoms. The normalized spacial score (nSPS) is 15.6. The molecule has 14 heavy (non-hydrogen) atoms. The van der Waals surface area contributed by atoms with E-state index in [9.17, 15) is 8.42 Å². The van der Waals surface area contributed by atoms with Crippen molar-refractivity contribution in [2.45, 2.75) is 6.42 Å². The summed E-state index contributed by atoms with van der Waals surface area (Å²) in [6.07, 6.45) is 1.92. The lowest BCUT2D eigenvalue weighted by molar-refractivity contribution is 0.598. The second-order valence-corrected chi connectivity index (χ2v) is 5.34. The summed E-state index contributed by atoms with van der Waals surface area (Å²) in [5.41, 5.74) is 8.10. The summed E-state index contributed by atoms with van der Waals surface area (Å²) in [6, 6.07) is 5.36. The molecule has 0 unspecified atom stereocenters. The van der Waals surface area contributed by atoms with Crippen LogP contribution in [-0.2, 0) is 16.4 Å². The SMILES string of the molecule is CS(=O)(=O)N1CCc2c(N)cccc21. The maximum absolute atomic E-state index is 11.4. The van der Waals surface area contributed by atoms with E-state index in [-0.39, 0.29) is 0 Å². The molecule has 76 valence electrons. The first-order valence-corrected chi connectivity index (χ1v) is 6.20. The van der Waals surface area contributed by atoms with Gasteiger partial charge in [-0.3, -0.25) is 4.31 Å². The molecule has 4 nitrogen and oxygen atoms in total. The molecule has 1 aromatic carbocycles. The molecule has 0 saturated heterocycles. The second kappa shape index (κ2) is 2.88. The van der Waals surface area contributed by atoms with Crippen LogP contribution in [0.1, 0.15) is 5.56 Å². The zero-order chi connectivity index (χ0) is 10.3. The Kier molecular flexibility index (Phi) is 1.92. The van der Waals surface area contributed by atoms with Crippen molar-refractivity contribution in [2.75, 3.05) is 22.8 Å². The van der Waals surface area contributed by atoms with Crippen LogP contribution < -0.4 is 10.0 Å². The van der Waals surface area contributed by atoms with Gasteiger partial charge in [0.1, 0.15) is 0 Å². The van der Waals surface area contributed by atoms with Crippen LogP contribution in [0.4, 0.5) is 11.4 Å². The lowest BCUT2D eigenvalue weighted by Gasteiger charge is -2.16.